The van der Waals surface area contributed by atoms with Gasteiger partial charge in [0.2, 0.25) is 5.91 Å². The van der Waals surface area contributed by atoms with Gasteiger partial charge in [-0.2, -0.15) is 0 Å². The number of fused-ring (bicyclic) bond motifs is 1. The summed E-state index contributed by atoms with van der Waals surface area (Å²) in [5, 5.41) is 5.02. The first kappa shape index (κ1) is 18.7. The Morgan fingerprint density at radius 2 is 1.57 bits per heavy atom. The third kappa shape index (κ3) is 3.94. The Morgan fingerprint density at radius 3 is 2.32 bits per heavy atom. The zero-order chi connectivity index (χ0) is 19.5. The summed E-state index contributed by atoms with van der Waals surface area (Å²) in [6.45, 7) is 1.20. The molecule has 2 amide bonds. The van der Waals surface area contributed by atoms with Gasteiger partial charge in [0, 0.05) is 34.7 Å². The van der Waals surface area contributed by atoms with E-state index in [1.807, 2.05) is 71.6 Å². The second kappa shape index (κ2) is 8.15. The molecule has 0 radical (unpaired) electrons. The number of hydrogen-bond donors (Lipinski definition) is 1. The fourth-order valence-electron chi connectivity index (χ4n) is 3.70. The molecule has 4 rings (SSSR count). The molecule has 0 bridgehead atoms. The van der Waals surface area contributed by atoms with Crippen molar-refractivity contribution < 1.29 is 9.59 Å². The molecule has 1 fully saturated rings. The van der Waals surface area contributed by atoms with Crippen molar-refractivity contribution in [1.82, 2.24) is 4.90 Å². The number of rotatable bonds is 3. The first-order valence-electron chi connectivity index (χ1n) is 9.45. The van der Waals surface area contributed by atoms with Crippen molar-refractivity contribution in [3.63, 3.8) is 0 Å². The van der Waals surface area contributed by atoms with Crippen LogP contribution in [0.2, 0.25) is 0 Å². The molecule has 0 atom stereocenters. The number of halogens is 1. The van der Waals surface area contributed by atoms with Gasteiger partial charge in [-0.25, -0.2) is 0 Å². The average molecular weight is 437 g/mol. The Kier molecular flexibility index (Phi) is 5.44. The lowest BCUT2D eigenvalue weighted by atomic mass is 9.94. The first-order chi connectivity index (χ1) is 13.6. The van der Waals surface area contributed by atoms with Crippen molar-refractivity contribution >= 4 is 44.2 Å². The number of carbonyl (C=O) groups excluding carboxylic acids is 2. The van der Waals surface area contributed by atoms with Crippen LogP contribution in [0.1, 0.15) is 23.2 Å². The molecule has 1 saturated heterocycles. The molecule has 1 aliphatic heterocycles. The Morgan fingerprint density at radius 1 is 0.893 bits per heavy atom. The van der Waals surface area contributed by atoms with E-state index in [0.717, 1.165) is 26.5 Å². The molecule has 0 unspecified atom stereocenters. The molecule has 0 saturated carbocycles. The maximum absolute atomic E-state index is 13.0. The van der Waals surface area contributed by atoms with Gasteiger partial charge in [-0.1, -0.05) is 52.3 Å². The minimum atomic E-state index is -0.0692. The lowest BCUT2D eigenvalue weighted by Crippen LogP contribution is -2.41. The third-order valence-electron chi connectivity index (χ3n) is 5.28. The number of nitrogens with one attached hydrogen (secondary N) is 1. The van der Waals surface area contributed by atoms with E-state index in [1.165, 1.54) is 0 Å². The van der Waals surface area contributed by atoms with Crippen LogP contribution in [0.5, 0.6) is 0 Å². The van der Waals surface area contributed by atoms with E-state index in [0.29, 0.717) is 25.9 Å². The predicted molar refractivity (Wildman–Crippen MR) is 115 cm³/mol. The van der Waals surface area contributed by atoms with Crippen molar-refractivity contribution in [3.8, 4) is 0 Å². The zero-order valence-corrected chi connectivity index (χ0v) is 17.0. The van der Waals surface area contributed by atoms with E-state index < -0.39 is 0 Å². The molecule has 4 nitrogen and oxygen atoms in total. The second-order valence-corrected chi connectivity index (χ2v) is 8.01. The number of anilines is 1. The second-order valence-electron chi connectivity index (χ2n) is 7.09. The molecule has 1 N–H and O–H groups in total. The number of nitrogens with zero attached hydrogens (tertiary/aromatic N) is 1. The molecule has 28 heavy (non-hydrogen) atoms. The molecular weight excluding hydrogens is 416 g/mol. The van der Waals surface area contributed by atoms with E-state index in [1.54, 1.807) is 0 Å². The minimum Gasteiger partial charge on any atom is -0.339 e. The maximum Gasteiger partial charge on any atom is 0.254 e. The van der Waals surface area contributed by atoms with Crippen LogP contribution in [0.15, 0.2) is 71.2 Å². The van der Waals surface area contributed by atoms with Crippen LogP contribution in [0, 0.1) is 5.92 Å². The van der Waals surface area contributed by atoms with Gasteiger partial charge in [-0.3, -0.25) is 9.59 Å². The normalized spacial score (nSPS) is 14.8. The van der Waals surface area contributed by atoms with Gasteiger partial charge < -0.3 is 10.2 Å². The van der Waals surface area contributed by atoms with Crippen LogP contribution in [-0.2, 0) is 4.79 Å². The Bertz CT molecular complexity index is 1000. The van der Waals surface area contributed by atoms with Gasteiger partial charge in [0.15, 0.2) is 0 Å². The molecular formula is C23H21BrN2O2. The summed E-state index contributed by atoms with van der Waals surface area (Å²) in [7, 11) is 0. The SMILES string of the molecule is O=C(Nc1ccc(Br)cc1)C1CCN(C(=O)c2cccc3ccccc23)CC1. The van der Waals surface area contributed by atoms with Crippen molar-refractivity contribution in [2.45, 2.75) is 12.8 Å². The van der Waals surface area contributed by atoms with Crippen LogP contribution in [0.25, 0.3) is 10.8 Å². The zero-order valence-electron chi connectivity index (χ0n) is 15.4. The number of benzene rings is 3. The summed E-state index contributed by atoms with van der Waals surface area (Å²) in [5.41, 5.74) is 1.53. The highest BCUT2D eigenvalue weighted by molar-refractivity contribution is 9.10. The fourth-order valence-corrected chi connectivity index (χ4v) is 3.97. The smallest absolute Gasteiger partial charge is 0.254 e. The Labute approximate surface area is 172 Å². The monoisotopic (exact) mass is 436 g/mol. The summed E-state index contributed by atoms with van der Waals surface area (Å²) < 4.78 is 0.978. The molecule has 1 heterocycles. The van der Waals surface area contributed by atoms with Crippen LogP contribution in [0.3, 0.4) is 0 Å². The fraction of sp³-hybridized carbons (Fsp3) is 0.217. The van der Waals surface area contributed by atoms with Crippen molar-refractivity contribution in [3.05, 3.63) is 76.8 Å². The summed E-state index contributed by atoms with van der Waals surface area (Å²) in [6.07, 6.45) is 1.36. The Hall–Kier alpha value is -2.66. The summed E-state index contributed by atoms with van der Waals surface area (Å²) in [6, 6.07) is 21.3. The molecule has 0 aromatic heterocycles. The molecule has 3 aromatic rings. The number of carbonyl (C=O) groups is 2. The molecule has 0 spiro atoms. The molecule has 0 aliphatic carbocycles. The van der Waals surface area contributed by atoms with Crippen molar-refractivity contribution in [2.75, 3.05) is 18.4 Å². The van der Waals surface area contributed by atoms with Gasteiger partial charge in [0.05, 0.1) is 0 Å². The molecule has 3 aromatic carbocycles. The first-order valence-corrected chi connectivity index (χ1v) is 10.2. The number of piperidine rings is 1. The maximum atomic E-state index is 13.0. The van der Waals surface area contributed by atoms with E-state index in [4.69, 9.17) is 0 Å². The average Bonchev–Trinajstić information content (AvgIpc) is 2.74. The lowest BCUT2D eigenvalue weighted by Gasteiger charge is -2.31. The van der Waals surface area contributed by atoms with Crippen LogP contribution >= 0.6 is 15.9 Å². The van der Waals surface area contributed by atoms with Gasteiger partial charge in [-0.05, 0) is 53.9 Å². The van der Waals surface area contributed by atoms with Crippen LogP contribution < -0.4 is 5.32 Å². The largest absolute Gasteiger partial charge is 0.339 e. The third-order valence-corrected chi connectivity index (χ3v) is 5.81. The molecule has 5 heteroatoms. The highest BCUT2D eigenvalue weighted by Crippen LogP contribution is 2.24. The van der Waals surface area contributed by atoms with Crippen LogP contribution in [-0.4, -0.2) is 29.8 Å². The molecule has 142 valence electrons. The number of hydrogen-bond acceptors (Lipinski definition) is 2. The minimum absolute atomic E-state index is 0.0274. The number of likely N-dealkylation sites (tertiary alicyclic amines) is 1. The topological polar surface area (TPSA) is 49.4 Å². The van der Waals surface area contributed by atoms with Gasteiger partial charge >= 0.3 is 0 Å². The van der Waals surface area contributed by atoms with E-state index in [9.17, 15) is 9.59 Å². The highest BCUT2D eigenvalue weighted by atomic mass is 79.9. The van der Waals surface area contributed by atoms with Gasteiger partial charge in [0.25, 0.3) is 5.91 Å². The summed E-state index contributed by atoms with van der Waals surface area (Å²) in [4.78, 5) is 27.4. The van der Waals surface area contributed by atoms with E-state index in [2.05, 4.69) is 21.2 Å². The summed E-state index contributed by atoms with van der Waals surface area (Å²) in [5.74, 6) is 0.00312. The highest BCUT2D eigenvalue weighted by Gasteiger charge is 2.28. The molecule has 1 aliphatic rings. The van der Waals surface area contributed by atoms with Gasteiger partial charge in [0.1, 0.15) is 0 Å². The van der Waals surface area contributed by atoms with E-state index in [-0.39, 0.29) is 17.7 Å². The number of amides is 2. The predicted octanol–water partition coefficient (Wildman–Crippen LogP) is 5.09. The standard InChI is InChI=1S/C23H21BrN2O2/c24-18-8-10-19(11-9-18)25-22(27)17-12-14-26(15-13-17)23(28)21-7-3-5-16-4-1-2-6-20(16)21/h1-11,17H,12-15H2,(H,25,27). The van der Waals surface area contributed by atoms with Gasteiger partial charge in [-0.15, -0.1) is 0 Å². The summed E-state index contributed by atoms with van der Waals surface area (Å²) >= 11 is 3.39. The quantitative estimate of drug-likeness (QED) is 0.621. The lowest BCUT2D eigenvalue weighted by molar-refractivity contribution is -0.121. The van der Waals surface area contributed by atoms with Crippen molar-refractivity contribution in [2.24, 2.45) is 5.92 Å². The van der Waals surface area contributed by atoms with Crippen molar-refractivity contribution in [1.29, 1.82) is 0 Å². The van der Waals surface area contributed by atoms with Crippen LogP contribution in [0.4, 0.5) is 5.69 Å². The Balaban J connectivity index is 1.40. The van der Waals surface area contributed by atoms with E-state index >= 15 is 0 Å².